The van der Waals surface area contributed by atoms with Crippen molar-refractivity contribution in [2.45, 2.75) is 0 Å². The van der Waals surface area contributed by atoms with Crippen molar-refractivity contribution in [2.24, 2.45) is 0 Å². The van der Waals surface area contributed by atoms with Crippen LogP contribution in [0.3, 0.4) is 0 Å². The second-order valence-corrected chi connectivity index (χ2v) is 17.5. The molecular weight excluding hydrogens is 659 g/mol. The molecule has 250 valence electrons. The smallest absolute Gasteiger partial charge is 0.179 e. The fraction of sp³-hybridized carbons (Fsp3) is 0. The maximum absolute atomic E-state index is 6.71. The normalized spacial score (nSPS) is 11.8. The second kappa shape index (κ2) is 12.8. The molecule has 0 N–H and O–H groups in total. The summed E-state index contributed by atoms with van der Waals surface area (Å²) in [6.07, 6.45) is 0. The van der Waals surface area contributed by atoms with Crippen molar-refractivity contribution in [2.75, 3.05) is 4.90 Å². The standard InChI is InChI=1S/C50H35NOSi/c1-4-18-40(19-5-1)53(41-20-6-2-7-21-41,42-22-8-3-9-23-42)43-31-28-38(29-32-43)51(48-26-14-17-36-15-10-12-24-44(36)48)39-30-34-46-47-33-27-37-16-11-13-25-45(37)50(47)52-49(46)35-39/h1-35H. The molecule has 1 heterocycles. The lowest BCUT2D eigenvalue weighted by Crippen LogP contribution is -2.74. The van der Waals surface area contributed by atoms with Gasteiger partial charge in [-0.2, -0.15) is 0 Å². The molecule has 0 atom stereocenters. The Morgan fingerprint density at radius 3 is 1.47 bits per heavy atom. The Balaban J connectivity index is 1.19. The summed E-state index contributed by atoms with van der Waals surface area (Å²) in [6.45, 7) is 0. The van der Waals surface area contributed by atoms with Gasteiger partial charge in [-0.15, -0.1) is 0 Å². The summed E-state index contributed by atoms with van der Waals surface area (Å²) in [7, 11) is -2.67. The highest BCUT2D eigenvalue weighted by Crippen LogP contribution is 2.42. The fourth-order valence-electron chi connectivity index (χ4n) is 8.39. The van der Waals surface area contributed by atoms with Crippen LogP contribution in [0.5, 0.6) is 0 Å². The minimum Gasteiger partial charge on any atom is -0.455 e. The van der Waals surface area contributed by atoms with Gasteiger partial charge >= 0.3 is 0 Å². The molecule has 0 aliphatic heterocycles. The van der Waals surface area contributed by atoms with Gasteiger partial charge in [-0.25, -0.2) is 0 Å². The van der Waals surface area contributed by atoms with Crippen molar-refractivity contribution in [3.05, 3.63) is 212 Å². The van der Waals surface area contributed by atoms with Gasteiger partial charge in [-0.05, 0) is 67.9 Å². The van der Waals surface area contributed by atoms with Crippen molar-refractivity contribution in [1.29, 1.82) is 0 Å². The third-order valence-corrected chi connectivity index (χ3v) is 15.6. The molecule has 9 aromatic carbocycles. The van der Waals surface area contributed by atoms with E-state index in [1.165, 1.54) is 36.9 Å². The van der Waals surface area contributed by atoms with Gasteiger partial charge < -0.3 is 9.32 Å². The van der Waals surface area contributed by atoms with Crippen molar-refractivity contribution in [3.8, 4) is 0 Å². The van der Waals surface area contributed by atoms with Crippen LogP contribution in [0.25, 0.3) is 43.5 Å². The first kappa shape index (κ1) is 31.1. The van der Waals surface area contributed by atoms with Crippen LogP contribution in [0.1, 0.15) is 0 Å². The Hall–Kier alpha value is -6.68. The molecule has 0 aliphatic rings. The molecule has 0 fully saturated rings. The Kier molecular flexibility index (Phi) is 7.52. The second-order valence-electron chi connectivity index (χ2n) is 13.7. The quantitative estimate of drug-likeness (QED) is 0.122. The van der Waals surface area contributed by atoms with Crippen LogP contribution in [0.2, 0.25) is 0 Å². The highest BCUT2D eigenvalue weighted by atomic mass is 28.3. The third-order valence-electron chi connectivity index (χ3n) is 10.8. The highest BCUT2D eigenvalue weighted by molar-refractivity contribution is 7.19. The number of anilines is 3. The van der Waals surface area contributed by atoms with E-state index in [0.717, 1.165) is 44.4 Å². The zero-order valence-corrected chi connectivity index (χ0v) is 30.1. The third kappa shape index (κ3) is 5.08. The minimum absolute atomic E-state index is 0.874. The molecule has 0 bridgehead atoms. The Labute approximate surface area is 309 Å². The summed E-state index contributed by atoms with van der Waals surface area (Å²) in [5.74, 6) is 0. The van der Waals surface area contributed by atoms with Gasteiger partial charge in [0.2, 0.25) is 0 Å². The SMILES string of the molecule is c1ccc([Si](c2ccccc2)(c2ccccc2)c2ccc(N(c3ccc4c(c3)oc3c5ccccc5ccc43)c3cccc4ccccc34)cc2)cc1. The summed E-state index contributed by atoms with van der Waals surface area (Å²) in [4.78, 5) is 2.38. The average Bonchev–Trinajstić information content (AvgIpc) is 3.62. The lowest BCUT2D eigenvalue weighted by molar-refractivity contribution is 0.672. The van der Waals surface area contributed by atoms with Gasteiger partial charge in [0.1, 0.15) is 11.2 Å². The maximum atomic E-state index is 6.71. The molecule has 0 spiro atoms. The molecule has 0 unspecified atom stereocenters. The average molecular weight is 694 g/mol. The van der Waals surface area contributed by atoms with E-state index in [1.54, 1.807) is 0 Å². The van der Waals surface area contributed by atoms with Crippen LogP contribution >= 0.6 is 0 Å². The molecular formula is C50H35NOSi. The van der Waals surface area contributed by atoms with Crippen LogP contribution in [0.4, 0.5) is 17.1 Å². The zero-order chi connectivity index (χ0) is 35.2. The van der Waals surface area contributed by atoms with E-state index in [4.69, 9.17) is 4.42 Å². The van der Waals surface area contributed by atoms with E-state index in [1.807, 2.05) is 0 Å². The summed E-state index contributed by atoms with van der Waals surface area (Å²) >= 11 is 0. The zero-order valence-electron chi connectivity index (χ0n) is 29.1. The van der Waals surface area contributed by atoms with Crippen LogP contribution in [-0.4, -0.2) is 8.07 Å². The molecule has 1 aromatic heterocycles. The highest BCUT2D eigenvalue weighted by Gasteiger charge is 2.41. The maximum Gasteiger partial charge on any atom is 0.179 e. The number of fused-ring (bicyclic) bond motifs is 6. The van der Waals surface area contributed by atoms with E-state index in [2.05, 4.69) is 217 Å². The van der Waals surface area contributed by atoms with Gasteiger partial charge in [-0.1, -0.05) is 170 Å². The molecule has 53 heavy (non-hydrogen) atoms. The monoisotopic (exact) mass is 693 g/mol. The summed E-state index contributed by atoms with van der Waals surface area (Å²) in [6, 6.07) is 77.4. The van der Waals surface area contributed by atoms with E-state index in [0.29, 0.717) is 0 Å². The number of furan rings is 1. The van der Waals surface area contributed by atoms with Gasteiger partial charge in [0, 0.05) is 39.0 Å². The van der Waals surface area contributed by atoms with Crippen molar-refractivity contribution >= 4 is 89.4 Å². The van der Waals surface area contributed by atoms with Crippen molar-refractivity contribution < 1.29 is 4.42 Å². The topological polar surface area (TPSA) is 16.4 Å². The number of benzene rings is 9. The fourth-order valence-corrected chi connectivity index (χ4v) is 13.1. The molecule has 0 saturated carbocycles. The largest absolute Gasteiger partial charge is 0.455 e. The van der Waals surface area contributed by atoms with Gasteiger partial charge in [0.15, 0.2) is 8.07 Å². The van der Waals surface area contributed by atoms with Crippen molar-refractivity contribution in [1.82, 2.24) is 0 Å². The van der Waals surface area contributed by atoms with Crippen molar-refractivity contribution in [3.63, 3.8) is 0 Å². The van der Waals surface area contributed by atoms with Crippen LogP contribution < -0.4 is 25.6 Å². The summed E-state index contributed by atoms with van der Waals surface area (Å²) in [5, 5.41) is 12.4. The molecule has 10 aromatic rings. The summed E-state index contributed by atoms with van der Waals surface area (Å²) < 4.78 is 6.71. The molecule has 3 heteroatoms. The molecule has 0 aliphatic carbocycles. The molecule has 0 saturated heterocycles. The first-order valence-corrected chi connectivity index (χ1v) is 20.2. The van der Waals surface area contributed by atoms with Gasteiger partial charge in [0.05, 0.1) is 5.69 Å². The molecule has 10 rings (SSSR count). The minimum atomic E-state index is -2.67. The van der Waals surface area contributed by atoms with Crippen LogP contribution in [-0.2, 0) is 0 Å². The first-order valence-electron chi connectivity index (χ1n) is 18.2. The first-order chi connectivity index (χ1) is 26.3. The molecule has 0 amide bonds. The predicted molar refractivity (Wildman–Crippen MR) is 227 cm³/mol. The van der Waals surface area contributed by atoms with E-state index >= 15 is 0 Å². The van der Waals surface area contributed by atoms with E-state index in [9.17, 15) is 0 Å². The van der Waals surface area contributed by atoms with E-state index in [-0.39, 0.29) is 0 Å². The predicted octanol–water partition coefficient (Wildman–Crippen LogP) is 10.7. The Morgan fingerprint density at radius 1 is 0.340 bits per heavy atom. The Bertz CT molecular complexity index is 2780. The summed E-state index contributed by atoms with van der Waals surface area (Å²) in [5.41, 5.74) is 5.06. The van der Waals surface area contributed by atoms with Gasteiger partial charge in [0.25, 0.3) is 0 Å². The Morgan fingerprint density at radius 2 is 0.830 bits per heavy atom. The lowest BCUT2D eigenvalue weighted by Gasteiger charge is -2.35. The number of hydrogen-bond acceptors (Lipinski definition) is 2. The van der Waals surface area contributed by atoms with Gasteiger partial charge in [-0.3, -0.25) is 0 Å². The number of nitrogens with zero attached hydrogens (tertiary/aromatic N) is 1. The number of hydrogen-bond donors (Lipinski definition) is 0. The van der Waals surface area contributed by atoms with Crippen LogP contribution in [0, 0.1) is 0 Å². The van der Waals surface area contributed by atoms with Crippen LogP contribution in [0.15, 0.2) is 217 Å². The molecule has 0 radical (unpaired) electrons. The van der Waals surface area contributed by atoms with E-state index < -0.39 is 8.07 Å². The lowest BCUT2D eigenvalue weighted by atomic mass is 10.0. The number of rotatable bonds is 7. The molecule has 2 nitrogen and oxygen atoms in total.